The van der Waals surface area contributed by atoms with Crippen LogP contribution in [0, 0.1) is 0 Å². The van der Waals surface area contributed by atoms with Gasteiger partial charge in [-0.3, -0.25) is 0 Å². The van der Waals surface area contributed by atoms with E-state index in [0.29, 0.717) is 6.01 Å². The molecule has 0 spiro atoms. The summed E-state index contributed by atoms with van der Waals surface area (Å²) in [5.74, 6) is 1.60. The Balaban J connectivity index is 1.28. The van der Waals surface area contributed by atoms with Crippen LogP contribution >= 0.6 is 0 Å². The number of hydrogen-bond acceptors (Lipinski definition) is 7. The van der Waals surface area contributed by atoms with Crippen LogP contribution in [0.25, 0.3) is 22.6 Å². The van der Waals surface area contributed by atoms with Crippen LogP contribution in [0.15, 0.2) is 63.6 Å². The van der Waals surface area contributed by atoms with Crippen LogP contribution in [0.3, 0.4) is 0 Å². The van der Waals surface area contributed by atoms with Gasteiger partial charge in [0.25, 0.3) is 6.01 Å². The number of benzene rings is 1. The molecule has 1 aliphatic rings. The summed E-state index contributed by atoms with van der Waals surface area (Å²) in [5, 5.41) is 8.62. The molecule has 0 radical (unpaired) electrons. The predicted octanol–water partition coefficient (Wildman–Crippen LogP) is 3.20. The molecule has 0 aliphatic carbocycles. The fourth-order valence-electron chi connectivity index (χ4n) is 3.17. The molecule has 0 unspecified atom stereocenters. The summed E-state index contributed by atoms with van der Waals surface area (Å²) in [6.07, 6.45) is 1.64. The molecule has 7 heteroatoms. The Kier molecular flexibility index (Phi) is 3.55. The number of nitrogens with zero attached hydrogens (tertiary/aromatic N) is 5. The Hall–Kier alpha value is -3.35. The second-order valence-corrected chi connectivity index (χ2v) is 6.19. The van der Waals surface area contributed by atoms with Crippen molar-refractivity contribution >= 4 is 22.9 Å². The largest absolute Gasteiger partial charge is 0.463 e. The van der Waals surface area contributed by atoms with E-state index in [2.05, 4.69) is 25.0 Å². The highest BCUT2D eigenvalue weighted by Crippen LogP contribution is 2.24. The first-order valence-electron chi connectivity index (χ1n) is 8.60. The van der Waals surface area contributed by atoms with Gasteiger partial charge < -0.3 is 18.6 Å². The van der Waals surface area contributed by atoms with Crippen molar-refractivity contribution < 1.29 is 8.83 Å². The molecule has 0 atom stereocenters. The molecule has 1 fully saturated rings. The van der Waals surface area contributed by atoms with Crippen LogP contribution in [-0.2, 0) is 0 Å². The fraction of sp³-hybridized carbons (Fsp3) is 0.211. The molecule has 0 N–H and O–H groups in total. The quantitative estimate of drug-likeness (QED) is 0.563. The van der Waals surface area contributed by atoms with E-state index in [1.54, 1.807) is 6.26 Å². The highest BCUT2D eigenvalue weighted by atomic mass is 16.4. The molecule has 1 aromatic carbocycles. The van der Waals surface area contributed by atoms with Crippen LogP contribution < -0.4 is 9.80 Å². The third-order valence-corrected chi connectivity index (χ3v) is 4.58. The highest BCUT2D eigenvalue weighted by Gasteiger charge is 2.22. The second kappa shape index (κ2) is 6.18. The molecule has 1 saturated heterocycles. The minimum atomic E-state index is 0.685. The summed E-state index contributed by atoms with van der Waals surface area (Å²) in [6, 6.07) is 16.2. The van der Waals surface area contributed by atoms with Crippen LogP contribution in [0.2, 0.25) is 0 Å². The van der Waals surface area contributed by atoms with Gasteiger partial charge in [-0.05, 0) is 36.4 Å². The normalized spacial score (nSPS) is 14.9. The number of furan rings is 1. The topological polar surface area (TPSA) is 71.4 Å². The number of aromatic nitrogens is 3. The number of rotatable bonds is 3. The van der Waals surface area contributed by atoms with Crippen LogP contribution in [0.4, 0.5) is 11.8 Å². The maximum atomic E-state index is 5.86. The Bertz CT molecular complexity index is 969. The van der Waals surface area contributed by atoms with Crippen LogP contribution in [-0.4, -0.2) is 41.4 Å². The molecule has 4 heterocycles. The molecule has 4 aromatic rings. The number of hydrogen-bond donors (Lipinski definition) is 0. The first-order chi connectivity index (χ1) is 12.9. The van der Waals surface area contributed by atoms with Gasteiger partial charge in [-0.15, -0.1) is 10.2 Å². The SMILES string of the molecule is c1coc(-c2ccc(N3CCN(c4nc5ccccc5o4)CC3)nn2)c1. The van der Waals surface area contributed by atoms with Crippen LogP contribution in [0.5, 0.6) is 0 Å². The van der Waals surface area contributed by atoms with Crippen molar-refractivity contribution in [1.29, 1.82) is 0 Å². The first-order valence-corrected chi connectivity index (χ1v) is 8.60. The predicted molar refractivity (Wildman–Crippen MR) is 98.2 cm³/mol. The van der Waals surface area contributed by atoms with Gasteiger partial charge in [-0.2, -0.15) is 4.98 Å². The molecular formula is C19H17N5O2. The molecule has 3 aromatic heterocycles. The van der Waals surface area contributed by atoms with Gasteiger partial charge in [0.15, 0.2) is 17.2 Å². The second-order valence-electron chi connectivity index (χ2n) is 6.19. The van der Waals surface area contributed by atoms with Crippen molar-refractivity contribution in [1.82, 2.24) is 15.2 Å². The van der Waals surface area contributed by atoms with E-state index in [9.17, 15) is 0 Å². The smallest absolute Gasteiger partial charge is 0.298 e. The molecule has 7 nitrogen and oxygen atoms in total. The average Bonchev–Trinajstić information content (AvgIpc) is 3.38. The van der Waals surface area contributed by atoms with Crippen molar-refractivity contribution in [2.75, 3.05) is 36.0 Å². The zero-order chi connectivity index (χ0) is 17.3. The van der Waals surface area contributed by atoms with Gasteiger partial charge in [0.2, 0.25) is 0 Å². The molecule has 0 saturated carbocycles. The monoisotopic (exact) mass is 347 g/mol. The van der Waals surface area contributed by atoms with Crippen molar-refractivity contribution in [3.05, 3.63) is 54.8 Å². The summed E-state index contributed by atoms with van der Waals surface area (Å²) in [6.45, 7) is 3.34. The van der Waals surface area contributed by atoms with Crippen molar-refractivity contribution in [2.24, 2.45) is 0 Å². The summed E-state index contributed by atoms with van der Waals surface area (Å²) in [7, 11) is 0. The van der Waals surface area contributed by atoms with Crippen molar-refractivity contribution in [3.63, 3.8) is 0 Å². The minimum Gasteiger partial charge on any atom is -0.463 e. The van der Waals surface area contributed by atoms with E-state index in [-0.39, 0.29) is 0 Å². The Morgan fingerprint density at radius 3 is 2.38 bits per heavy atom. The maximum absolute atomic E-state index is 5.86. The Labute approximate surface area is 149 Å². The number of fused-ring (bicyclic) bond motifs is 1. The lowest BCUT2D eigenvalue weighted by Gasteiger charge is -2.34. The van der Waals surface area contributed by atoms with Gasteiger partial charge in [0.1, 0.15) is 11.2 Å². The van der Waals surface area contributed by atoms with E-state index < -0.39 is 0 Å². The number of piperazine rings is 1. The third-order valence-electron chi connectivity index (χ3n) is 4.58. The Morgan fingerprint density at radius 1 is 0.808 bits per heavy atom. The molecule has 0 amide bonds. The van der Waals surface area contributed by atoms with E-state index in [1.807, 2.05) is 48.5 Å². The fourth-order valence-corrected chi connectivity index (χ4v) is 3.17. The zero-order valence-electron chi connectivity index (χ0n) is 14.1. The first kappa shape index (κ1) is 14.9. The minimum absolute atomic E-state index is 0.685. The Morgan fingerprint density at radius 2 is 1.65 bits per heavy atom. The lowest BCUT2D eigenvalue weighted by atomic mass is 10.3. The molecule has 26 heavy (non-hydrogen) atoms. The summed E-state index contributed by atoms with van der Waals surface area (Å²) in [5.41, 5.74) is 2.46. The molecule has 1 aliphatic heterocycles. The van der Waals surface area contributed by atoms with E-state index in [4.69, 9.17) is 8.83 Å². The lowest BCUT2D eigenvalue weighted by Crippen LogP contribution is -2.47. The van der Waals surface area contributed by atoms with Gasteiger partial charge in [0, 0.05) is 26.2 Å². The number of para-hydroxylation sites is 2. The van der Waals surface area contributed by atoms with Gasteiger partial charge in [0.05, 0.1) is 6.26 Å². The van der Waals surface area contributed by atoms with E-state index in [1.165, 1.54) is 0 Å². The van der Waals surface area contributed by atoms with E-state index in [0.717, 1.165) is 54.6 Å². The zero-order valence-corrected chi connectivity index (χ0v) is 14.1. The number of anilines is 2. The van der Waals surface area contributed by atoms with Crippen molar-refractivity contribution in [2.45, 2.75) is 0 Å². The molecular weight excluding hydrogens is 330 g/mol. The van der Waals surface area contributed by atoms with Crippen molar-refractivity contribution in [3.8, 4) is 11.5 Å². The van der Waals surface area contributed by atoms with Gasteiger partial charge >= 0.3 is 0 Å². The number of oxazole rings is 1. The summed E-state index contributed by atoms with van der Waals surface area (Å²) >= 11 is 0. The van der Waals surface area contributed by atoms with E-state index >= 15 is 0 Å². The standard InChI is InChI=1S/C19H17N5O2/c1-2-5-17-14(4-1)20-19(26-17)24-11-9-23(10-12-24)18-8-7-15(21-22-18)16-6-3-13-25-16/h1-8,13H,9-12H2. The highest BCUT2D eigenvalue weighted by molar-refractivity contribution is 5.74. The summed E-state index contributed by atoms with van der Waals surface area (Å²) < 4.78 is 11.2. The van der Waals surface area contributed by atoms with Gasteiger partial charge in [-0.1, -0.05) is 12.1 Å². The lowest BCUT2D eigenvalue weighted by molar-refractivity contribution is 0.539. The maximum Gasteiger partial charge on any atom is 0.298 e. The van der Waals surface area contributed by atoms with Gasteiger partial charge in [-0.25, -0.2) is 0 Å². The van der Waals surface area contributed by atoms with Crippen LogP contribution in [0.1, 0.15) is 0 Å². The third kappa shape index (κ3) is 2.67. The molecule has 5 rings (SSSR count). The average molecular weight is 347 g/mol. The molecule has 130 valence electrons. The summed E-state index contributed by atoms with van der Waals surface area (Å²) in [4.78, 5) is 8.96. The molecule has 0 bridgehead atoms.